The summed E-state index contributed by atoms with van der Waals surface area (Å²) in [6, 6.07) is 4.83. The standard InChI is InChI=1S/C23H28/c1-16(2)20-14-22(19-11-6-5-7-12-19)18(4)23(15-20)21-13-9-8-10-17(21)3/h6,9,11-16H,5,7-8,10H2,1-4H3. The van der Waals surface area contributed by atoms with Gasteiger partial charge in [-0.15, -0.1) is 0 Å². The predicted molar refractivity (Wildman–Crippen MR) is 103 cm³/mol. The molecular weight excluding hydrogens is 276 g/mol. The van der Waals surface area contributed by atoms with E-state index in [1.807, 2.05) is 0 Å². The molecule has 0 saturated heterocycles. The van der Waals surface area contributed by atoms with E-state index >= 15 is 0 Å². The Hall–Kier alpha value is -1.82. The Morgan fingerprint density at radius 1 is 0.870 bits per heavy atom. The minimum atomic E-state index is 0.551. The number of benzene rings is 1. The summed E-state index contributed by atoms with van der Waals surface area (Å²) in [5, 5.41) is 0. The summed E-state index contributed by atoms with van der Waals surface area (Å²) in [5.74, 6) is 0.551. The third kappa shape index (κ3) is 3.27. The van der Waals surface area contributed by atoms with Crippen LogP contribution in [0.25, 0.3) is 11.1 Å². The second kappa shape index (κ2) is 6.74. The zero-order valence-corrected chi connectivity index (χ0v) is 14.9. The van der Waals surface area contributed by atoms with Gasteiger partial charge in [0.2, 0.25) is 0 Å². The van der Waals surface area contributed by atoms with Crippen LogP contribution in [0.3, 0.4) is 0 Å². The van der Waals surface area contributed by atoms with Crippen molar-refractivity contribution in [3.8, 4) is 0 Å². The summed E-state index contributed by atoms with van der Waals surface area (Å²) in [7, 11) is 0. The highest BCUT2D eigenvalue weighted by Gasteiger charge is 2.16. The van der Waals surface area contributed by atoms with Crippen LogP contribution in [0.15, 0.2) is 48.1 Å². The number of hydrogen-bond acceptors (Lipinski definition) is 0. The van der Waals surface area contributed by atoms with Gasteiger partial charge in [0.1, 0.15) is 0 Å². The Morgan fingerprint density at radius 2 is 1.61 bits per heavy atom. The van der Waals surface area contributed by atoms with Crippen LogP contribution in [-0.2, 0) is 0 Å². The number of hydrogen-bond donors (Lipinski definition) is 0. The van der Waals surface area contributed by atoms with Crippen LogP contribution in [0, 0.1) is 6.92 Å². The van der Waals surface area contributed by atoms with Crippen LogP contribution in [0.4, 0.5) is 0 Å². The van der Waals surface area contributed by atoms with Crippen LogP contribution < -0.4 is 0 Å². The molecule has 0 saturated carbocycles. The highest BCUT2D eigenvalue weighted by molar-refractivity contribution is 5.85. The van der Waals surface area contributed by atoms with Gasteiger partial charge in [-0.05, 0) is 78.8 Å². The van der Waals surface area contributed by atoms with E-state index in [2.05, 4.69) is 70.2 Å². The van der Waals surface area contributed by atoms with Crippen LogP contribution in [0.5, 0.6) is 0 Å². The Bertz CT molecular complexity index is 721. The van der Waals surface area contributed by atoms with Crippen LogP contribution in [-0.4, -0.2) is 0 Å². The van der Waals surface area contributed by atoms with Crippen LogP contribution in [0.2, 0.25) is 0 Å². The molecule has 0 fully saturated rings. The van der Waals surface area contributed by atoms with Crippen LogP contribution in [0.1, 0.15) is 74.6 Å². The van der Waals surface area contributed by atoms with E-state index in [0.717, 1.165) is 6.42 Å². The van der Waals surface area contributed by atoms with Gasteiger partial charge in [-0.1, -0.05) is 61.9 Å². The van der Waals surface area contributed by atoms with Crippen molar-refractivity contribution in [3.63, 3.8) is 0 Å². The monoisotopic (exact) mass is 304 g/mol. The molecule has 0 atom stereocenters. The largest absolute Gasteiger partial charge is 0.0836 e. The van der Waals surface area contributed by atoms with E-state index in [4.69, 9.17) is 0 Å². The van der Waals surface area contributed by atoms with Crippen molar-refractivity contribution >= 4 is 11.1 Å². The van der Waals surface area contributed by atoms with Gasteiger partial charge in [0.05, 0.1) is 0 Å². The highest BCUT2D eigenvalue weighted by atomic mass is 14.2. The third-order valence-electron chi connectivity index (χ3n) is 5.12. The first-order valence-corrected chi connectivity index (χ1v) is 8.96. The molecule has 0 spiro atoms. The maximum Gasteiger partial charge on any atom is -0.0146 e. The molecule has 0 aromatic heterocycles. The van der Waals surface area contributed by atoms with E-state index in [1.165, 1.54) is 58.2 Å². The zero-order chi connectivity index (χ0) is 16.4. The summed E-state index contributed by atoms with van der Waals surface area (Å²) in [6.07, 6.45) is 16.4. The van der Waals surface area contributed by atoms with Gasteiger partial charge in [0, 0.05) is 0 Å². The van der Waals surface area contributed by atoms with Crippen molar-refractivity contribution in [1.82, 2.24) is 0 Å². The SMILES string of the molecule is CC1=C(c2cc(C(C)C)cc(C3=CCCC=C3)c2C)C=CCC1. The van der Waals surface area contributed by atoms with Gasteiger partial charge < -0.3 is 0 Å². The molecule has 0 unspecified atom stereocenters. The molecule has 1 aromatic rings. The van der Waals surface area contributed by atoms with Gasteiger partial charge in [-0.25, -0.2) is 0 Å². The molecule has 2 aliphatic carbocycles. The second-order valence-corrected chi connectivity index (χ2v) is 7.17. The smallest absolute Gasteiger partial charge is 0.0146 e. The van der Waals surface area contributed by atoms with E-state index in [-0.39, 0.29) is 0 Å². The molecular formula is C23H28. The van der Waals surface area contributed by atoms with E-state index in [0.29, 0.717) is 5.92 Å². The first-order valence-electron chi connectivity index (χ1n) is 8.96. The zero-order valence-electron chi connectivity index (χ0n) is 14.9. The van der Waals surface area contributed by atoms with Crippen molar-refractivity contribution in [2.24, 2.45) is 0 Å². The Labute approximate surface area is 141 Å². The molecule has 1 aromatic carbocycles. The number of allylic oxidation sites excluding steroid dienone is 8. The Balaban J connectivity index is 2.20. The highest BCUT2D eigenvalue weighted by Crippen LogP contribution is 2.36. The fraction of sp³-hybridized carbons (Fsp3) is 0.391. The molecule has 0 amide bonds. The molecule has 0 heteroatoms. The Morgan fingerprint density at radius 3 is 2.26 bits per heavy atom. The van der Waals surface area contributed by atoms with Gasteiger partial charge in [-0.3, -0.25) is 0 Å². The molecule has 2 aliphatic rings. The van der Waals surface area contributed by atoms with Crippen LogP contribution >= 0.6 is 0 Å². The fourth-order valence-electron chi connectivity index (χ4n) is 3.56. The quantitative estimate of drug-likeness (QED) is 0.565. The lowest BCUT2D eigenvalue weighted by Crippen LogP contribution is -2.02. The Kier molecular flexibility index (Phi) is 4.71. The molecule has 0 aliphatic heterocycles. The van der Waals surface area contributed by atoms with Gasteiger partial charge in [-0.2, -0.15) is 0 Å². The number of rotatable bonds is 3. The van der Waals surface area contributed by atoms with Crippen molar-refractivity contribution < 1.29 is 0 Å². The average Bonchev–Trinajstić information content (AvgIpc) is 2.56. The van der Waals surface area contributed by atoms with Gasteiger partial charge in [0.25, 0.3) is 0 Å². The van der Waals surface area contributed by atoms with Crippen molar-refractivity contribution in [2.45, 2.75) is 59.3 Å². The maximum atomic E-state index is 2.42. The molecule has 0 radical (unpaired) electrons. The molecule has 3 rings (SSSR count). The summed E-state index contributed by atoms with van der Waals surface area (Å²) < 4.78 is 0. The first kappa shape index (κ1) is 16.1. The lowest BCUT2D eigenvalue weighted by atomic mass is 9.83. The van der Waals surface area contributed by atoms with Crippen molar-refractivity contribution in [1.29, 1.82) is 0 Å². The predicted octanol–water partition coefficient (Wildman–Crippen LogP) is 6.98. The topological polar surface area (TPSA) is 0 Å². The lowest BCUT2D eigenvalue weighted by molar-refractivity contribution is 0.864. The van der Waals surface area contributed by atoms with Crippen molar-refractivity contribution in [2.75, 3.05) is 0 Å². The molecule has 120 valence electrons. The minimum Gasteiger partial charge on any atom is -0.0836 e. The normalized spacial score (nSPS) is 17.9. The van der Waals surface area contributed by atoms with Gasteiger partial charge in [0.15, 0.2) is 0 Å². The third-order valence-corrected chi connectivity index (χ3v) is 5.12. The molecule has 0 bridgehead atoms. The first-order chi connectivity index (χ1) is 11.1. The van der Waals surface area contributed by atoms with Crippen molar-refractivity contribution in [3.05, 3.63) is 70.3 Å². The average molecular weight is 304 g/mol. The molecule has 23 heavy (non-hydrogen) atoms. The molecule has 0 nitrogen and oxygen atoms in total. The molecule has 0 heterocycles. The fourth-order valence-corrected chi connectivity index (χ4v) is 3.56. The summed E-state index contributed by atoms with van der Waals surface area (Å²) in [5.41, 5.74) is 10.1. The van der Waals surface area contributed by atoms with E-state index in [9.17, 15) is 0 Å². The molecule has 0 N–H and O–H groups in total. The summed E-state index contributed by atoms with van der Waals surface area (Å²) in [4.78, 5) is 0. The second-order valence-electron chi connectivity index (χ2n) is 7.17. The van der Waals surface area contributed by atoms with E-state index in [1.54, 1.807) is 0 Å². The van der Waals surface area contributed by atoms with E-state index < -0.39 is 0 Å². The summed E-state index contributed by atoms with van der Waals surface area (Å²) >= 11 is 0. The minimum absolute atomic E-state index is 0.551. The maximum absolute atomic E-state index is 2.42. The summed E-state index contributed by atoms with van der Waals surface area (Å²) in [6.45, 7) is 9.17. The lowest BCUT2D eigenvalue weighted by Gasteiger charge is -2.21. The van der Waals surface area contributed by atoms with Gasteiger partial charge >= 0.3 is 0 Å².